The number of fused-ring (bicyclic) bond motifs is 5. The number of Topliss-reactive ketones (excluding diaryl/α,β-unsaturated/α-hetero) is 1. The summed E-state index contributed by atoms with van der Waals surface area (Å²) < 4.78 is 0. The zero-order valence-corrected chi connectivity index (χ0v) is 10.7. The highest BCUT2D eigenvalue weighted by Gasteiger charge is 2.55. The van der Waals surface area contributed by atoms with Crippen LogP contribution in [-0.2, 0) is 4.79 Å². The molecule has 3 aliphatic carbocycles. The zero-order chi connectivity index (χ0) is 12.3. The molecule has 1 aromatic carbocycles. The summed E-state index contributed by atoms with van der Waals surface area (Å²) in [7, 11) is 0. The molecule has 3 aliphatic rings. The molecular formula is C17H18O. The third-order valence-corrected chi connectivity index (χ3v) is 5.41. The van der Waals surface area contributed by atoms with Crippen LogP contribution >= 0.6 is 0 Å². The molecule has 18 heavy (non-hydrogen) atoms. The van der Waals surface area contributed by atoms with E-state index in [0.29, 0.717) is 23.5 Å². The Hall–Kier alpha value is -1.37. The topological polar surface area (TPSA) is 17.1 Å². The average molecular weight is 238 g/mol. The highest BCUT2D eigenvalue weighted by atomic mass is 16.1. The van der Waals surface area contributed by atoms with Gasteiger partial charge in [0.15, 0.2) is 5.78 Å². The number of rotatable bonds is 1. The summed E-state index contributed by atoms with van der Waals surface area (Å²) >= 11 is 0. The van der Waals surface area contributed by atoms with Gasteiger partial charge in [0.2, 0.25) is 0 Å². The molecule has 4 rings (SSSR count). The Morgan fingerprint density at radius 1 is 1.00 bits per heavy atom. The lowest BCUT2D eigenvalue weighted by Crippen LogP contribution is -2.24. The van der Waals surface area contributed by atoms with Crippen LogP contribution in [0.4, 0.5) is 0 Å². The number of benzene rings is 1. The van der Waals surface area contributed by atoms with Crippen molar-refractivity contribution in [1.29, 1.82) is 0 Å². The molecule has 1 heteroatoms. The maximum absolute atomic E-state index is 12.5. The number of ketones is 1. The van der Waals surface area contributed by atoms with Gasteiger partial charge in [0.05, 0.1) is 0 Å². The molecule has 0 amide bonds. The van der Waals surface area contributed by atoms with Crippen molar-refractivity contribution in [2.75, 3.05) is 0 Å². The number of carbonyl (C=O) groups excluding carboxylic acids is 1. The van der Waals surface area contributed by atoms with Crippen molar-refractivity contribution < 1.29 is 4.79 Å². The van der Waals surface area contributed by atoms with E-state index < -0.39 is 0 Å². The van der Waals surface area contributed by atoms with Crippen LogP contribution in [0.2, 0.25) is 0 Å². The van der Waals surface area contributed by atoms with Gasteiger partial charge in [-0.25, -0.2) is 0 Å². The summed E-state index contributed by atoms with van der Waals surface area (Å²) in [5.74, 6) is 2.78. The van der Waals surface area contributed by atoms with E-state index in [1.165, 1.54) is 30.4 Å². The number of carbonyl (C=O) groups is 1. The second-order valence-electron chi connectivity index (χ2n) is 6.15. The molecule has 0 N–H and O–H groups in total. The van der Waals surface area contributed by atoms with Gasteiger partial charge in [-0.3, -0.25) is 4.79 Å². The SMILES string of the molecule is CC1=C(c2ccccc2)C2C3CCC(C3)C2C1=O. The van der Waals surface area contributed by atoms with E-state index in [9.17, 15) is 4.79 Å². The highest BCUT2D eigenvalue weighted by Crippen LogP contribution is 2.61. The van der Waals surface area contributed by atoms with Gasteiger partial charge >= 0.3 is 0 Å². The molecule has 92 valence electrons. The van der Waals surface area contributed by atoms with Crippen molar-refractivity contribution in [3.05, 3.63) is 41.5 Å². The molecule has 1 aromatic rings. The monoisotopic (exact) mass is 238 g/mol. The van der Waals surface area contributed by atoms with Crippen LogP contribution in [0.1, 0.15) is 31.7 Å². The van der Waals surface area contributed by atoms with Crippen molar-refractivity contribution in [1.82, 2.24) is 0 Å². The van der Waals surface area contributed by atoms with Crippen LogP contribution in [0.15, 0.2) is 35.9 Å². The first-order chi connectivity index (χ1) is 8.77. The molecule has 4 unspecified atom stereocenters. The summed E-state index contributed by atoms with van der Waals surface area (Å²) in [6, 6.07) is 10.6. The molecule has 2 saturated carbocycles. The first-order valence-electron chi connectivity index (χ1n) is 7.08. The molecular weight excluding hydrogens is 220 g/mol. The number of allylic oxidation sites excluding steroid dienone is 2. The summed E-state index contributed by atoms with van der Waals surface area (Å²) in [5, 5.41) is 0. The van der Waals surface area contributed by atoms with Gasteiger partial charge in [0, 0.05) is 5.92 Å². The third-order valence-electron chi connectivity index (χ3n) is 5.41. The van der Waals surface area contributed by atoms with Gasteiger partial charge < -0.3 is 0 Å². The molecule has 0 aliphatic heterocycles. The Morgan fingerprint density at radius 2 is 1.67 bits per heavy atom. The van der Waals surface area contributed by atoms with Crippen molar-refractivity contribution in [3.8, 4) is 0 Å². The molecule has 2 bridgehead atoms. The van der Waals surface area contributed by atoms with E-state index in [1.54, 1.807) is 0 Å². The Morgan fingerprint density at radius 3 is 2.39 bits per heavy atom. The van der Waals surface area contributed by atoms with Crippen LogP contribution in [0, 0.1) is 23.7 Å². The molecule has 4 atom stereocenters. The molecule has 2 fully saturated rings. The van der Waals surface area contributed by atoms with Crippen molar-refractivity contribution in [2.45, 2.75) is 26.2 Å². The molecule has 0 heterocycles. The minimum absolute atomic E-state index is 0.332. The van der Waals surface area contributed by atoms with E-state index in [2.05, 4.69) is 30.3 Å². The van der Waals surface area contributed by atoms with E-state index in [1.807, 2.05) is 6.92 Å². The van der Waals surface area contributed by atoms with Gasteiger partial charge in [-0.1, -0.05) is 30.3 Å². The fourth-order valence-electron chi connectivity index (χ4n) is 4.74. The Bertz CT molecular complexity index is 540. The third kappa shape index (κ3) is 1.20. The summed E-state index contributed by atoms with van der Waals surface area (Å²) in [6.45, 7) is 2.04. The lowest BCUT2D eigenvalue weighted by atomic mass is 9.77. The van der Waals surface area contributed by atoms with Gasteiger partial charge in [0.25, 0.3) is 0 Å². The minimum atomic E-state index is 0.332. The van der Waals surface area contributed by atoms with Crippen LogP contribution in [0.5, 0.6) is 0 Å². The quantitative estimate of drug-likeness (QED) is 0.729. The van der Waals surface area contributed by atoms with Gasteiger partial charge in [-0.05, 0) is 60.6 Å². The standard InChI is InChI=1S/C17H18O/c1-10-14(11-5-3-2-4-6-11)15-12-7-8-13(9-12)16(15)17(10)18/h2-6,12-13,15-16H,7-9H2,1H3. The van der Waals surface area contributed by atoms with Crippen molar-refractivity contribution >= 4 is 11.4 Å². The Balaban J connectivity index is 1.85. The van der Waals surface area contributed by atoms with Crippen LogP contribution in [0.3, 0.4) is 0 Å². The summed E-state index contributed by atoms with van der Waals surface area (Å²) in [5.41, 5.74) is 3.70. The predicted octanol–water partition coefficient (Wildman–Crippen LogP) is 3.71. The lowest BCUT2D eigenvalue weighted by Gasteiger charge is -2.26. The minimum Gasteiger partial charge on any atom is -0.294 e. The Labute approximate surface area is 108 Å². The lowest BCUT2D eigenvalue weighted by molar-refractivity contribution is -0.120. The summed E-state index contributed by atoms with van der Waals surface area (Å²) in [4.78, 5) is 12.5. The van der Waals surface area contributed by atoms with Crippen LogP contribution < -0.4 is 0 Å². The van der Waals surface area contributed by atoms with E-state index >= 15 is 0 Å². The summed E-state index contributed by atoms with van der Waals surface area (Å²) in [6.07, 6.45) is 3.92. The number of hydrogen-bond acceptors (Lipinski definition) is 1. The molecule has 0 radical (unpaired) electrons. The zero-order valence-electron chi connectivity index (χ0n) is 10.7. The van der Waals surface area contributed by atoms with E-state index in [4.69, 9.17) is 0 Å². The fourth-order valence-corrected chi connectivity index (χ4v) is 4.74. The van der Waals surface area contributed by atoms with Crippen LogP contribution in [0.25, 0.3) is 5.57 Å². The van der Waals surface area contributed by atoms with Gasteiger partial charge in [-0.15, -0.1) is 0 Å². The second-order valence-corrected chi connectivity index (χ2v) is 6.15. The largest absolute Gasteiger partial charge is 0.294 e. The maximum Gasteiger partial charge on any atom is 0.162 e. The average Bonchev–Trinajstić information content (AvgIpc) is 3.06. The molecule has 0 aromatic heterocycles. The normalized spacial score (nSPS) is 37.5. The highest BCUT2D eigenvalue weighted by molar-refractivity contribution is 6.09. The molecule has 0 spiro atoms. The van der Waals surface area contributed by atoms with Crippen molar-refractivity contribution in [2.24, 2.45) is 23.7 Å². The van der Waals surface area contributed by atoms with Gasteiger partial charge in [-0.2, -0.15) is 0 Å². The maximum atomic E-state index is 12.5. The fraction of sp³-hybridized carbons (Fsp3) is 0.471. The predicted molar refractivity (Wildman–Crippen MR) is 71.9 cm³/mol. The Kier molecular flexibility index (Phi) is 2.09. The van der Waals surface area contributed by atoms with Gasteiger partial charge in [0.1, 0.15) is 0 Å². The van der Waals surface area contributed by atoms with E-state index in [0.717, 1.165) is 11.5 Å². The van der Waals surface area contributed by atoms with Crippen LogP contribution in [-0.4, -0.2) is 5.78 Å². The van der Waals surface area contributed by atoms with Crippen molar-refractivity contribution in [3.63, 3.8) is 0 Å². The van der Waals surface area contributed by atoms with E-state index in [-0.39, 0.29) is 0 Å². The first kappa shape index (κ1) is 10.5. The molecule has 0 saturated heterocycles. The first-order valence-corrected chi connectivity index (χ1v) is 7.08. The smallest absolute Gasteiger partial charge is 0.162 e. The second kappa shape index (κ2) is 3.57. The number of hydrogen-bond donors (Lipinski definition) is 0. The molecule has 1 nitrogen and oxygen atoms in total.